The number of aromatic amines is 1. The van der Waals surface area contributed by atoms with Crippen LogP contribution in [0.5, 0.6) is 5.88 Å². The molecule has 2 aromatic heterocycles. The highest BCUT2D eigenvalue weighted by molar-refractivity contribution is 7.90. The second-order valence-electron chi connectivity index (χ2n) is 18.2. The summed E-state index contributed by atoms with van der Waals surface area (Å²) in [6.07, 6.45) is 4.86. The first-order valence-electron chi connectivity index (χ1n) is 23.2. The van der Waals surface area contributed by atoms with Gasteiger partial charge >= 0.3 is 0 Å². The number of halogens is 1. The van der Waals surface area contributed by atoms with Crippen LogP contribution < -0.4 is 24.6 Å². The number of sulfonamides is 1. The van der Waals surface area contributed by atoms with E-state index in [0.717, 1.165) is 56.0 Å². The average Bonchev–Trinajstić information content (AvgIpc) is 3.69. The minimum atomic E-state index is -4.61. The van der Waals surface area contributed by atoms with Crippen molar-refractivity contribution in [3.05, 3.63) is 111 Å². The number of benzene rings is 3. The first-order valence-corrected chi connectivity index (χ1v) is 25.0. The Morgan fingerprint density at radius 1 is 1.01 bits per heavy atom. The number of nitrogens with zero attached hydrogens (tertiary/aromatic N) is 5. The number of carbonyl (C=O) groups excluding carboxylic acids is 1. The van der Waals surface area contributed by atoms with E-state index in [1.807, 2.05) is 41.3 Å². The zero-order valence-electron chi connectivity index (χ0n) is 38.5. The number of piperazine rings is 1. The fourth-order valence-corrected chi connectivity index (χ4v) is 10.7. The molecule has 2 fully saturated rings. The molecule has 5 aromatic rings. The van der Waals surface area contributed by atoms with Crippen LogP contribution in [0.1, 0.15) is 62.4 Å². The summed E-state index contributed by atoms with van der Waals surface area (Å²) in [4.78, 5) is 40.1. The summed E-state index contributed by atoms with van der Waals surface area (Å²) >= 11 is 6.31. The number of anilines is 4. The smallest absolute Gasteiger partial charge is 0.293 e. The van der Waals surface area contributed by atoms with Crippen LogP contribution in [-0.2, 0) is 24.2 Å². The van der Waals surface area contributed by atoms with Crippen LogP contribution in [0.4, 0.5) is 28.4 Å². The summed E-state index contributed by atoms with van der Waals surface area (Å²) in [6.45, 7) is 12.5. The quantitative estimate of drug-likeness (QED) is 0.0717. The molecule has 1 amide bonds. The monoisotopic (exact) mass is 968 g/mol. The van der Waals surface area contributed by atoms with Gasteiger partial charge in [0.2, 0.25) is 5.88 Å². The molecule has 3 aliphatic heterocycles. The third-order valence-electron chi connectivity index (χ3n) is 13.0. The van der Waals surface area contributed by atoms with E-state index in [9.17, 15) is 23.3 Å². The molecule has 0 unspecified atom stereocenters. The van der Waals surface area contributed by atoms with E-state index in [-0.39, 0.29) is 35.6 Å². The number of fused-ring (bicyclic) bond motifs is 2. The highest BCUT2D eigenvalue weighted by Gasteiger charge is 2.35. The first kappa shape index (κ1) is 47.3. The number of nitrogens with one attached hydrogen (secondary N) is 3. The van der Waals surface area contributed by atoms with Crippen LogP contribution in [0.25, 0.3) is 16.6 Å². The van der Waals surface area contributed by atoms with Gasteiger partial charge in [-0.3, -0.25) is 19.8 Å². The van der Waals surface area contributed by atoms with Gasteiger partial charge in [-0.05, 0) is 106 Å². The third kappa shape index (κ3) is 10.6. The standard InChI is InChI=1S/C49H57ClN8O9S/c1-32(2)67-49(3)15-13-35(41(28-49)33-5-7-36(50)8-6-33)30-55-18-20-56(21-19-55)37-9-11-40(43(26-37)57-17-4-22-66-48-45(57)25-34-14-16-51-46(34)53-48)47(59)54-68(62,63)39-10-12-42(44(27-39)58(60)61)52-29-38-31-64-23-24-65-38/h5-12,14,16,25-27,32,38,52H,4,13,15,17-24,28-31H2,1-3H3,(H,51,53)(H,54,59)/t38-,49-/m0/s1. The van der Waals surface area contributed by atoms with E-state index in [0.29, 0.717) is 80.4 Å². The molecule has 17 nitrogen and oxygen atoms in total. The molecule has 0 bridgehead atoms. The number of hydrogen-bond donors (Lipinski definition) is 3. The molecule has 360 valence electrons. The lowest BCUT2D eigenvalue weighted by Gasteiger charge is -2.41. The zero-order valence-corrected chi connectivity index (χ0v) is 40.0. The van der Waals surface area contributed by atoms with E-state index in [1.165, 1.54) is 28.8 Å². The van der Waals surface area contributed by atoms with Gasteiger partial charge in [0.25, 0.3) is 21.6 Å². The van der Waals surface area contributed by atoms with E-state index in [4.69, 9.17) is 35.5 Å². The Balaban J connectivity index is 0.981. The molecule has 68 heavy (non-hydrogen) atoms. The van der Waals surface area contributed by atoms with Crippen LogP contribution >= 0.6 is 11.6 Å². The molecule has 2 atom stereocenters. The summed E-state index contributed by atoms with van der Waals surface area (Å²) in [5.74, 6) is -0.518. The van der Waals surface area contributed by atoms with Gasteiger partial charge in [-0.2, -0.15) is 4.98 Å². The molecular weight excluding hydrogens is 912 g/mol. The highest BCUT2D eigenvalue weighted by Crippen LogP contribution is 2.43. The van der Waals surface area contributed by atoms with Gasteiger partial charge in [-0.25, -0.2) is 13.1 Å². The maximum atomic E-state index is 14.4. The summed E-state index contributed by atoms with van der Waals surface area (Å²) < 4.78 is 53.8. The molecule has 4 aliphatic rings. The van der Waals surface area contributed by atoms with Crippen molar-refractivity contribution < 1.29 is 37.1 Å². The molecule has 9 rings (SSSR count). The Morgan fingerprint density at radius 3 is 2.57 bits per heavy atom. The first-order chi connectivity index (χ1) is 32.7. The lowest BCUT2D eigenvalue weighted by atomic mass is 9.78. The number of H-pyrrole nitrogens is 1. The van der Waals surface area contributed by atoms with Gasteiger partial charge in [-0.1, -0.05) is 29.3 Å². The van der Waals surface area contributed by atoms with Gasteiger partial charge in [0.15, 0.2) is 0 Å². The van der Waals surface area contributed by atoms with Gasteiger partial charge in [0.1, 0.15) is 17.0 Å². The molecule has 2 saturated heterocycles. The summed E-state index contributed by atoms with van der Waals surface area (Å²) in [5, 5.41) is 16.7. The van der Waals surface area contributed by atoms with Crippen molar-refractivity contribution in [2.45, 2.75) is 69.2 Å². The lowest BCUT2D eigenvalue weighted by Crippen LogP contribution is -2.47. The van der Waals surface area contributed by atoms with E-state index < -0.39 is 31.4 Å². The molecule has 3 aromatic carbocycles. The normalized spacial score (nSPS) is 20.5. The predicted octanol–water partition coefficient (Wildman–Crippen LogP) is 7.93. The van der Waals surface area contributed by atoms with Crippen molar-refractivity contribution in [3.63, 3.8) is 0 Å². The van der Waals surface area contributed by atoms with E-state index in [1.54, 1.807) is 12.3 Å². The summed E-state index contributed by atoms with van der Waals surface area (Å²) in [7, 11) is -4.61. The Hall–Kier alpha value is -5.76. The molecule has 19 heteroatoms. The summed E-state index contributed by atoms with van der Waals surface area (Å²) in [6, 6.07) is 20.8. The van der Waals surface area contributed by atoms with Gasteiger partial charge in [-0.15, -0.1) is 0 Å². The third-order valence-corrected chi connectivity index (χ3v) is 14.5. The van der Waals surface area contributed by atoms with Crippen LogP contribution in [0.2, 0.25) is 5.02 Å². The van der Waals surface area contributed by atoms with Crippen molar-refractivity contribution in [1.29, 1.82) is 0 Å². The molecular formula is C49H57ClN8O9S. The number of carbonyl (C=O) groups is 1. The number of nitro groups is 1. The predicted molar refractivity (Wildman–Crippen MR) is 262 cm³/mol. The number of ether oxygens (including phenoxy) is 4. The molecule has 1 aliphatic carbocycles. The number of pyridine rings is 1. The number of amides is 1. The number of hydrogen-bond acceptors (Lipinski definition) is 14. The average molecular weight is 970 g/mol. The van der Waals surface area contributed by atoms with Crippen LogP contribution in [-0.4, -0.2) is 124 Å². The van der Waals surface area contributed by atoms with Crippen LogP contribution in [0.3, 0.4) is 0 Å². The van der Waals surface area contributed by atoms with Crippen LogP contribution in [0, 0.1) is 10.1 Å². The second kappa shape index (κ2) is 20.1. The van der Waals surface area contributed by atoms with E-state index >= 15 is 0 Å². The topological polar surface area (TPSA) is 194 Å². The molecule has 0 saturated carbocycles. The maximum absolute atomic E-state index is 14.4. The van der Waals surface area contributed by atoms with Gasteiger partial charge in [0, 0.05) is 80.6 Å². The number of aromatic nitrogens is 2. The fourth-order valence-electron chi connectivity index (χ4n) is 9.63. The Kier molecular flexibility index (Phi) is 14.0. The Bertz CT molecular complexity index is 2810. The molecule has 3 N–H and O–H groups in total. The number of nitro benzene ring substituents is 1. The molecule has 0 spiro atoms. The lowest BCUT2D eigenvalue weighted by molar-refractivity contribution is -0.384. The Morgan fingerprint density at radius 2 is 1.82 bits per heavy atom. The van der Waals surface area contributed by atoms with Gasteiger partial charge in [0.05, 0.1) is 65.3 Å². The van der Waals surface area contributed by atoms with Crippen molar-refractivity contribution in [2.75, 3.05) is 87.4 Å². The highest BCUT2D eigenvalue weighted by atomic mass is 35.5. The summed E-state index contributed by atoms with van der Waals surface area (Å²) in [5.41, 5.74) is 5.97. The van der Waals surface area contributed by atoms with Crippen molar-refractivity contribution in [3.8, 4) is 5.88 Å². The Labute approximate surface area is 400 Å². The number of rotatable bonds is 14. The minimum absolute atomic E-state index is 0.0906. The van der Waals surface area contributed by atoms with Crippen molar-refractivity contribution >= 4 is 72.6 Å². The van der Waals surface area contributed by atoms with Crippen molar-refractivity contribution in [1.82, 2.24) is 19.6 Å². The maximum Gasteiger partial charge on any atom is 0.293 e. The second-order valence-corrected chi connectivity index (χ2v) is 20.4. The van der Waals surface area contributed by atoms with Crippen molar-refractivity contribution in [2.24, 2.45) is 0 Å². The van der Waals surface area contributed by atoms with Crippen LogP contribution in [0.15, 0.2) is 89.5 Å². The SMILES string of the molecule is CC(C)O[C@@]1(C)CCC(CN2CCN(c3ccc(C(=O)NS(=O)(=O)c4ccc(NC[C@H]5COCCO5)c([N+](=O)[O-])c4)c(N4CCCOc5nc6[nH]ccc6cc54)c3)CC2)=C(c2ccc(Cl)cc2)C1. The molecule has 5 heterocycles. The van der Waals surface area contributed by atoms with E-state index in [2.05, 4.69) is 57.7 Å². The fraction of sp³-hybridized carbons (Fsp3) is 0.429. The minimum Gasteiger partial charge on any atom is -0.476 e. The zero-order chi connectivity index (χ0) is 47.6. The molecule has 0 radical (unpaired) electrons. The largest absolute Gasteiger partial charge is 0.476 e. The van der Waals surface area contributed by atoms with Gasteiger partial charge < -0.3 is 39.0 Å².